The largest absolute Gasteiger partial charge is 0.394 e. The van der Waals surface area contributed by atoms with Crippen LogP contribution in [0.3, 0.4) is 0 Å². The lowest BCUT2D eigenvalue weighted by Gasteiger charge is -2.36. The van der Waals surface area contributed by atoms with E-state index in [0.717, 1.165) is 12.8 Å². The lowest BCUT2D eigenvalue weighted by atomic mass is 9.82. The highest BCUT2D eigenvalue weighted by Gasteiger charge is 2.30. The number of nitrogens with one attached hydrogen (secondary N) is 2. The second-order valence-electron chi connectivity index (χ2n) is 4.63. The maximum Gasteiger partial charge on any atom is 0.221 e. The Bertz CT molecular complexity index is 213. The third-order valence-corrected chi connectivity index (χ3v) is 3.34. The molecule has 1 aliphatic rings. The molecule has 0 aromatic heterocycles. The van der Waals surface area contributed by atoms with Crippen molar-refractivity contribution in [3.05, 3.63) is 0 Å². The van der Waals surface area contributed by atoms with Crippen molar-refractivity contribution in [2.24, 2.45) is 0 Å². The quantitative estimate of drug-likeness (QED) is 0.630. The number of carbonyl (C=O) groups excluding carboxylic acids is 1. The van der Waals surface area contributed by atoms with E-state index in [0.29, 0.717) is 19.5 Å². The van der Waals surface area contributed by atoms with Crippen molar-refractivity contribution in [2.75, 3.05) is 19.7 Å². The second kappa shape index (κ2) is 6.86. The number of hydrogen-bond donors (Lipinski definition) is 3. The lowest BCUT2D eigenvalue weighted by molar-refractivity contribution is -0.121. The average molecular weight is 228 g/mol. The number of rotatable bonds is 6. The Labute approximate surface area is 97.8 Å². The van der Waals surface area contributed by atoms with Crippen LogP contribution in [0.15, 0.2) is 0 Å². The molecule has 0 aromatic rings. The van der Waals surface area contributed by atoms with Gasteiger partial charge < -0.3 is 15.7 Å². The summed E-state index contributed by atoms with van der Waals surface area (Å²) in [5.74, 6) is 0.0823. The van der Waals surface area contributed by atoms with Crippen molar-refractivity contribution < 1.29 is 9.90 Å². The van der Waals surface area contributed by atoms with E-state index in [1.807, 2.05) is 6.92 Å². The standard InChI is InChI=1S/C12H24N2O2/c1-2-13-11(16)6-9-14-12(10-15)7-4-3-5-8-12/h14-15H,2-10H2,1H3,(H,13,16). The van der Waals surface area contributed by atoms with E-state index >= 15 is 0 Å². The molecule has 0 heterocycles. The van der Waals surface area contributed by atoms with E-state index in [4.69, 9.17) is 0 Å². The third kappa shape index (κ3) is 4.10. The van der Waals surface area contributed by atoms with Gasteiger partial charge in [0, 0.05) is 25.0 Å². The Hall–Kier alpha value is -0.610. The highest BCUT2D eigenvalue weighted by atomic mass is 16.3. The maximum absolute atomic E-state index is 11.3. The first-order valence-corrected chi connectivity index (χ1v) is 6.35. The van der Waals surface area contributed by atoms with Crippen molar-refractivity contribution in [2.45, 2.75) is 51.0 Å². The molecule has 4 nitrogen and oxygen atoms in total. The fourth-order valence-electron chi connectivity index (χ4n) is 2.35. The summed E-state index contributed by atoms with van der Waals surface area (Å²) < 4.78 is 0. The summed E-state index contributed by atoms with van der Waals surface area (Å²) >= 11 is 0. The molecular formula is C12H24N2O2. The maximum atomic E-state index is 11.3. The van der Waals surface area contributed by atoms with E-state index in [2.05, 4.69) is 10.6 Å². The van der Waals surface area contributed by atoms with Crippen LogP contribution in [0.2, 0.25) is 0 Å². The molecule has 16 heavy (non-hydrogen) atoms. The van der Waals surface area contributed by atoms with Gasteiger partial charge in [0.25, 0.3) is 0 Å². The molecule has 94 valence electrons. The van der Waals surface area contributed by atoms with Gasteiger partial charge in [-0.25, -0.2) is 0 Å². The highest BCUT2D eigenvalue weighted by Crippen LogP contribution is 2.27. The van der Waals surface area contributed by atoms with E-state index in [-0.39, 0.29) is 18.1 Å². The number of carbonyl (C=O) groups is 1. The average Bonchev–Trinajstić information content (AvgIpc) is 2.31. The summed E-state index contributed by atoms with van der Waals surface area (Å²) in [6.45, 7) is 3.44. The summed E-state index contributed by atoms with van der Waals surface area (Å²) in [6.07, 6.45) is 6.16. The molecule has 0 unspecified atom stereocenters. The number of hydrogen-bond acceptors (Lipinski definition) is 3. The predicted molar refractivity (Wildman–Crippen MR) is 64.2 cm³/mol. The topological polar surface area (TPSA) is 61.4 Å². The molecule has 1 fully saturated rings. The molecule has 0 spiro atoms. The van der Waals surface area contributed by atoms with Crippen LogP contribution in [0, 0.1) is 0 Å². The van der Waals surface area contributed by atoms with E-state index < -0.39 is 0 Å². The van der Waals surface area contributed by atoms with Gasteiger partial charge in [-0.3, -0.25) is 4.79 Å². The van der Waals surface area contributed by atoms with Crippen molar-refractivity contribution in [1.29, 1.82) is 0 Å². The van der Waals surface area contributed by atoms with Crippen LogP contribution in [0.5, 0.6) is 0 Å². The minimum atomic E-state index is -0.120. The molecule has 4 heteroatoms. The zero-order valence-electron chi connectivity index (χ0n) is 10.2. The fourth-order valence-corrected chi connectivity index (χ4v) is 2.35. The first-order chi connectivity index (χ1) is 7.72. The van der Waals surface area contributed by atoms with Gasteiger partial charge in [0.2, 0.25) is 5.91 Å². The Morgan fingerprint density at radius 3 is 2.56 bits per heavy atom. The molecule has 1 saturated carbocycles. The normalized spacial score (nSPS) is 19.4. The number of amides is 1. The van der Waals surface area contributed by atoms with E-state index in [1.54, 1.807) is 0 Å². The second-order valence-corrected chi connectivity index (χ2v) is 4.63. The molecule has 1 aliphatic carbocycles. The van der Waals surface area contributed by atoms with Crippen LogP contribution in [-0.4, -0.2) is 36.2 Å². The first-order valence-electron chi connectivity index (χ1n) is 6.35. The minimum Gasteiger partial charge on any atom is -0.394 e. The van der Waals surface area contributed by atoms with Gasteiger partial charge in [-0.1, -0.05) is 19.3 Å². The summed E-state index contributed by atoms with van der Waals surface area (Å²) in [6, 6.07) is 0. The molecule has 1 amide bonds. The number of aliphatic hydroxyl groups is 1. The third-order valence-electron chi connectivity index (χ3n) is 3.34. The molecule has 0 radical (unpaired) electrons. The van der Waals surface area contributed by atoms with Crippen molar-refractivity contribution in [3.8, 4) is 0 Å². The molecule has 0 bridgehead atoms. The van der Waals surface area contributed by atoms with Crippen LogP contribution in [0.25, 0.3) is 0 Å². The zero-order chi connectivity index (χ0) is 11.9. The van der Waals surface area contributed by atoms with Crippen LogP contribution in [-0.2, 0) is 4.79 Å². The Kier molecular flexibility index (Phi) is 5.77. The predicted octanol–water partition coefficient (Wildman–Crippen LogP) is 0.797. The zero-order valence-corrected chi connectivity index (χ0v) is 10.2. The first kappa shape index (κ1) is 13.5. The Morgan fingerprint density at radius 2 is 2.00 bits per heavy atom. The summed E-state index contributed by atoms with van der Waals surface area (Å²) in [7, 11) is 0. The van der Waals surface area contributed by atoms with Crippen LogP contribution >= 0.6 is 0 Å². The Morgan fingerprint density at radius 1 is 1.31 bits per heavy atom. The van der Waals surface area contributed by atoms with Gasteiger partial charge in [0.05, 0.1) is 6.61 Å². The van der Waals surface area contributed by atoms with Gasteiger partial charge in [-0.15, -0.1) is 0 Å². The van der Waals surface area contributed by atoms with Crippen molar-refractivity contribution in [3.63, 3.8) is 0 Å². The van der Waals surface area contributed by atoms with Crippen molar-refractivity contribution >= 4 is 5.91 Å². The van der Waals surface area contributed by atoms with Gasteiger partial charge >= 0.3 is 0 Å². The van der Waals surface area contributed by atoms with Gasteiger partial charge in [-0.2, -0.15) is 0 Å². The van der Waals surface area contributed by atoms with Gasteiger partial charge in [0.15, 0.2) is 0 Å². The Balaban J connectivity index is 2.25. The van der Waals surface area contributed by atoms with E-state index in [1.165, 1.54) is 19.3 Å². The number of aliphatic hydroxyl groups excluding tert-OH is 1. The smallest absolute Gasteiger partial charge is 0.221 e. The van der Waals surface area contributed by atoms with Crippen LogP contribution in [0.1, 0.15) is 45.4 Å². The molecule has 3 N–H and O–H groups in total. The van der Waals surface area contributed by atoms with Crippen LogP contribution in [0.4, 0.5) is 0 Å². The molecule has 0 aromatic carbocycles. The molecule has 0 aliphatic heterocycles. The van der Waals surface area contributed by atoms with Gasteiger partial charge in [-0.05, 0) is 19.8 Å². The molecular weight excluding hydrogens is 204 g/mol. The summed E-state index contributed by atoms with van der Waals surface area (Å²) in [5.41, 5.74) is -0.120. The van der Waals surface area contributed by atoms with Gasteiger partial charge in [0.1, 0.15) is 0 Å². The minimum absolute atomic E-state index is 0.0823. The lowest BCUT2D eigenvalue weighted by Crippen LogP contribution is -2.50. The van der Waals surface area contributed by atoms with E-state index in [9.17, 15) is 9.90 Å². The highest BCUT2D eigenvalue weighted by molar-refractivity contribution is 5.75. The SMILES string of the molecule is CCNC(=O)CCNC1(CO)CCCCC1. The fraction of sp³-hybridized carbons (Fsp3) is 0.917. The molecule has 1 rings (SSSR count). The molecule has 0 saturated heterocycles. The van der Waals surface area contributed by atoms with Crippen molar-refractivity contribution in [1.82, 2.24) is 10.6 Å². The summed E-state index contributed by atoms with van der Waals surface area (Å²) in [4.78, 5) is 11.3. The van der Waals surface area contributed by atoms with Crippen LogP contribution < -0.4 is 10.6 Å². The summed E-state index contributed by atoms with van der Waals surface area (Å²) in [5, 5.41) is 15.6. The monoisotopic (exact) mass is 228 g/mol. The molecule has 0 atom stereocenters.